The first-order valence-electron chi connectivity index (χ1n) is 7.79. The molecule has 0 amide bonds. The van der Waals surface area contributed by atoms with Crippen molar-refractivity contribution < 1.29 is 8.78 Å². The van der Waals surface area contributed by atoms with Gasteiger partial charge < -0.3 is 0 Å². The predicted molar refractivity (Wildman–Crippen MR) is 87.2 cm³/mol. The van der Waals surface area contributed by atoms with Crippen LogP contribution in [-0.2, 0) is 0 Å². The Labute approximate surface area is 135 Å². The Hall–Kier alpha value is -1.41. The van der Waals surface area contributed by atoms with Crippen molar-refractivity contribution in [3.05, 3.63) is 58.6 Å². The van der Waals surface area contributed by atoms with Gasteiger partial charge in [0.05, 0.1) is 0 Å². The van der Waals surface area contributed by atoms with Crippen LogP contribution in [-0.4, -0.2) is 0 Å². The molecular formula is C19H19ClF2. The zero-order valence-corrected chi connectivity index (χ0v) is 13.3. The molecule has 0 aliphatic heterocycles. The van der Waals surface area contributed by atoms with Crippen molar-refractivity contribution in [2.24, 2.45) is 5.92 Å². The van der Waals surface area contributed by atoms with Crippen molar-refractivity contribution in [2.45, 2.75) is 38.5 Å². The summed E-state index contributed by atoms with van der Waals surface area (Å²) in [6, 6.07) is 10.6. The Bertz CT molecular complexity index is 633. The van der Waals surface area contributed by atoms with Gasteiger partial charge in [-0.1, -0.05) is 55.6 Å². The van der Waals surface area contributed by atoms with E-state index in [9.17, 15) is 8.78 Å². The van der Waals surface area contributed by atoms with Crippen LogP contribution in [0.25, 0.3) is 11.1 Å². The van der Waals surface area contributed by atoms with Gasteiger partial charge in [-0.3, -0.25) is 0 Å². The summed E-state index contributed by atoms with van der Waals surface area (Å²) in [4.78, 5) is 0. The SMILES string of the molecule is CC1CCC(c2ccc(-c3cc(F)c(Cl)c(F)c3)cc2)CC1. The molecule has 0 aromatic heterocycles. The summed E-state index contributed by atoms with van der Waals surface area (Å²) in [7, 11) is 0. The van der Waals surface area contributed by atoms with Gasteiger partial charge in [0, 0.05) is 0 Å². The second-order valence-corrected chi connectivity index (χ2v) is 6.71. The first kappa shape index (κ1) is 15.5. The van der Waals surface area contributed by atoms with Gasteiger partial charge in [-0.15, -0.1) is 0 Å². The van der Waals surface area contributed by atoms with E-state index in [-0.39, 0.29) is 0 Å². The van der Waals surface area contributed by atoms with Gasteiger partial charge in [-0.05, 0) is 53.5 Å². The third-order valence-electron chi connectivity index (χ3n) is 4.72. The van der Waals surface area contributed by atoms with Gasteiger partial charge >= 0.3 is 0 Å². The maximum atomic E-state index is 13.6. The van der Waals surface area contributed by atoms with Crippen LogP contribution in [0.4, 0.5) is 8.78 Å². The lowest BCUT2D eigenvalue weighted by molar-refractivity contribution is 0.348. The quantitative estimate of drug-likeness (QED) is 0.548. The summed E-state index contributed by atoms with van der Waals surface area (Å²) in [6.07, 6.45) is 5.01. The van der Waals surface area contributed by atoms with E-state index in [2.05, 4.69) is 19.1 Å². The smallest absolute Gasteiger partial charge is 0.145 e. The van der Waals surface area contributed by atoms with Crippen LogP contribution >= 0.6 is 11.6 Å². The van der Waals surface area contributed by atoms with Crippen LogP contribution in [0.1, 0.15) is 44.1 Å². The van der Waals surface area contributed by atoms with Crippen LogP contribution < -0.4 is 0 Å². The van der Waals surface area contributed by atoms with E-state index in [0.717, 1.165) is 11.5 Å². The van der Waals surface area contributed by atoms with E-state index in [0.29, 0.717) is 11.5 Å². The Morgan fingerprint density at radius 2 is 1.41 bits per heavy atom. The van der Waals surface area contributed by atoms with E-state index < -0.39 is 16.7 Å². The molecule has 0 bridgehead atoms. The third-order valence-corrected chi connectivity index (χ3v) is 5.08. The maximum Gasteiger partial charge on any atom is 0.145 e. The molecule has 0 radical (unpaired) electrons. The van der Waals surface area contributed by atoms with E-state index >= 15 is 0 Å². The van der Waals surface area contributed by atoms with Crippen molar-refractivity contribution in [1.82, 2.24) is 0 Å². The molecule has 0 spiro atoms. The molecule has 116 valence electrons. The number of hydrogen-bond acceptors (Lipinski definition) is 0. The largest absolute Gasteiger partial charge is 0.205 e. The highest BCUT2D eigenvalue weighted by molar-refractivity contribution is 6.31. The standard InChI is InChI=1S/C19H19ClF2/c1-12-2-4-13(5-3-12)14-6-8-15(9-7-14)16-10-17(21)19(20)18(22)11-16/h6-13H,2-5H2,1H3. The normalized spacial score (nSPS) is 21.8. The average Bonchev–Trinajstić information content (AvgIpc) is 2.53. The Morgan fingerprint density at radius 3 is 1.95 bits per heavy atom. The molecule has 3 rings (SSSR count). The van der Waals surface area contributed by atoms with Crippen molar-refractivity contribution in [2.75, 3.05) is 0 Å². The Kier molecular flexibility index (Phi) is 4.49. The summed E-state index contributed by atoms with van der Waals surface area (Å²) in [6.45, 7) is 2.31. The van der Waals surface area contributed by atoms with E-state index in [1.165, 1.54) is 43.4 Å². The molecule has 1 fully saturated rings. The van der Waals surface area contributed by atoms with Gasteiger partial charge in [0.2, 0.25) is 0 Å². The highest BCUT2D eigenvalue weighted by atomic mass is 35.5. The zero-order valence-electron chi connectivity index (χ0n) is 12.6. The van der Waals surface area contributed by atoms with Gasteiger partial charge in [0.15, 0.2) is 0 Å². The summed E-state index contributed by atoms with van der Waals surface area (Å²) in [5.74, 6) is 0.00324. The molecule has 3 heteroatoms. The molecule has 22 heavy (non-hydrogen) atoms. The zero-order chi connectivity index (χ0) is 15.7. The van der Waals surface area contributed by atoms with Crippen molar-refractivity contribution in [3.8, 4) is 11.1 Å². The molecule has 1 aliphatic rings. The molecule has 1 aliphatic carbocycles. The van der Waals surface area contributed by atoms with E-state index in [4.69, 9.17) is 11.6 Å². The summed E-state index contributed by atoms with van der Waals surface area (Å²) >= 11 is 5.53. The highest BCUT2D eigenvalue weighted by Gasteiger charge is 2.19. The first-order chi connectivity index (χ1) is 10.5. The number of hydrogen-bond donors (Lipinski definition) is 0. The topological polar surface area (TPSA) is 0 Å². The van der Waals surface area contributed by atoms with Gasteiger partial charge in [0.25, 0.3) is 0 Å². The van der Waals surface area contributed by atoms with E-state index in [1.54, 1.807) is 0 Å². The van der Waals surface area contributed by atoms with Crippen LogP contribution in [0.5, 0.6) is 0 Å². The lowest BCUT2D eigenvalue weighted by atomic mass is 9.79. The van der Waals surface area contributed by atoms with Crippen molar-refractivity contribution >= 4 is 11.6 Å². The molecule has 0 nitrogen and oxygen atoms in total. The van der Waals surface area contributed by atoms with Crippen LogP contribution in [0.3, 0.4) is 0 Å². The van der Waals surface area contributed by atoms with Crippen LogP contribution in [0, 0.1) is 17.6 Å². The molecule has 0 unspecified atom stereocenters. The van der Waals surface area contributed by atoms with Crippen LogP contribution in [0.15, 0.2) is 36.4 Å². The maximum absolute atomic E-state index is 13.6. The molecule has 1 saturated carbocycles. The Balaban J connectivity index is 1.82. The summed E-state index contributed by atoms with van der Waals surface area (Å²) in [5.41, 5.74) is 2.65. The minimum atomic E-state index is -0.720. The molecule has 0 saturated heterocycles. The molecule has 0 atom stereocenters. The van der Waals surface area contributed by atoms with E-state index in [1.807, 2.05) is 12.1 Å². The molecule has 2 aromatic carbocycles. The fourth-order valence-corrected chi connectivity index (χ4v) is 3.37. The minimum absolute atomic E-state index is 0.448. The van der Waals surface area contributed by atoms with Gasteiger partial charge in [-0.25, -0.2) is 8.78 Å². The summed E-state index contributed by atoms with van der Waals surface area (Å²) in [5, 5.41) is -0.448. The fourth-order valence-electron chi connectivity index (χ4n) is 3.26. The predicted octanol–water partition coefficient (Wildman–Crippen LogP) is 6.58. The lowest BCUT2D eigenvalue weighted by Crippen LogP contribution is -2.10. The van der Waals surface area contributed by atoms with Crippen molar-refractivity contribution in [1.29, 1.82) is 0 Å². The minimum Gasteiger partial charge on any atom is -0.205 e. The highest BCUT2D eigenvalue weighted by Crippen LogP contribution is 2.36. The first-order valence-corrected chi connectivity index (χ1v) is 8.17. The third kappa shape index (κ3) is 3.17. The fraction of sp³-hybridized carbons (Fsp3) is 0.368. The summed E-state index contributed by atoms with van der Waals surface area (Å²) < 4.78 is 27.1. The molecule has 0 heterocycles. The average molecular weight is 321 g/mol. The number of halogens is 3. The van der Waals surface area contributed by atoms with Gasteiger partial charge in [0.1, 0.15) is 16.7 Å². The second-order valence-electron chi connectivity index (χ2n) is 6.33. The Morgan fingerprint density at radius 1 is 0.864 bits per heavy atom. The number of rotatable bonds is 2. The van der Waals surface area contributed by atoms with Crippen molar-refractivity contribution in [3.63, 3.8) is 0 Å². The van der Waals surface area contributed by atoms with Crippen LogP contribution in [0.2, 0.25) is 5.02 Å². The molecular weight excluding hydrogens is 302 g/mol. The molecule has 2 aromatic rings. The number of benzene rings is 2. The second kappa shape index (κ2) is 6.37. The molecule has 0 N–H and O–H groups in total. The lowest BCUT2D eigenvalue weighted by Gasteiger charge is -2.26. The monoisotopic (exact) mass is 320 g/mol. The van der Waals surface area contributed by atoms with Gasteiger partial charge in [-0.2, -0.15) is 0 Å².